The van der Waals surface area contributed by atoms with Crippen molar-refractivity contribution < 1.29 is 14.6 Å². The Morgan fingerprint density at radius 2 is 2.16 bits per heavy atom. The van der Waals surface area contributed by atoms with Crippen LogP contribution in [0.25, 0.3) is 11.0 Å². The predicted molar refractivity (Wildman–Crippen MR) is 94.8 cm³/mol. The van der Waals surface area contributed by atoms with Crippen LogP contribution in [0.3, 0.4) is 0 Å². The van der Waals surface area contributed by atoms with Crippen LogP contribution < -0.4 is 10.2 Å². The minimum atomic E-state index is -0.294. The average Bonchev–Trinajstić information content (AvgIpc) is 2.93. The zero-order valence-electron chi connectivity index (χ0n) is 13.9. The first-order chi connectivity index (χ1) is 12.1. The number of nitrogens with one attached hydrogen (secondary N) is 1. The first kappa shape index (κ1) is 16.5. The molecule has 0 aliphatic carbocycles. The number of aryl methyl sites for hydroxylation is 1. The third-order valence-electron chi connectivity index (χ3n) is 3.83. The van der Waals surface area contributed by atoms with Crippen LogP contribution in [0, 0.1) is 0 Å². The molecular weight excluding hydrogens is 320 g/mol. The number of ether oxygens (including phenoxy) is 1. The maximum atomic E-state index is 12.1. The third-order valence-corrected chi connectivity index (χ3v) is 3.83. The number of amides is 1. The van der Waals surface area contributed by atoms with Crippen LogP contribution in [-0.4, -0.2) is 33.9 Å². The molecule has 1 heterocycles. The fourth-order valence-electron chi connectivity index (χ4n) is 2.47. The highest BCUT2D eigenvalue weighted by atomic mass is 16.5. The van der Waals surface area contributed by atoms with Gasteiger partial charge >= 0.3 is 0 Å². The molecule has 0 bridgehead atoms. The van der Waals surface area contributed by atoms with Gasteiger partial charge in [-0.05, 0) is 30.3 Å². The van der Waals surface area contributed by atoms with Gasteiger partial charge in [0.1, 0.15) is 17.3 Å². The monoisotopic (exact) mass is 338 g/mol. The summed E-state index contributed by atoms with van der Waals surface area (Å²) in [4.78, 5) is 16.5. The van der Waals surface area contributed by atoms with Crippen molar-refractivity contribution in [3.63, 3.8) is 0 Å². The normalized spacial score (nSPS) is 11.1. The molecule has 3 rings (SSSR count). The number of hydrogen-bond acceptors (Lipinski definition) is 5. The molecule has 0 aliphatic rings. The molecular formula is C18H18N4O3. The maximum absolute atomic E-state index is 12.1. The Morgan fingerprint density at radius 3 is 2.92 bits per heavy atom. The highest BCUT2D eigenvalue weighted by Gasteiger charge is 2.11. The standard InChI is InChI=1S/C18H18N4O3/c1-22-15-6-4-3-5-14(15)20-17(22)10-18(24)21-19-11-12-9-13(25-2)7-8-16(12)23/h3-9,11,23H,10H2,1-2H3,(H,21,24)/b19-11+. The Balaban J connectivity index is 1.67. The molecule has 0 spiro atoms. The topological polar surface area (TPSA) is 88.7 Å². The lowest BCUT2D eigenvalue weighted by atomic mass is 10.2. The molecule has 128 valence electrons. The van der Waals surface area contributed by atoms with Gasteiger partial charge in [-0.25, -0.2) is 10.4 Å². The number of imidazole rings is 1. The quantitative estimate of drug-likeness (QED) is 0.550. The second kappa shape index (κ2) is 7.04. The molecule has 0 saturated carbocycles. The number of nitrogens with zero attached hydrogens (tertiary/aromatic N) is 3. The number of aromatic hydroxyl groups is 1. The lowest BCUT2D eigenvalue weighted by Gasteiger charge is -2.03. The summed E-state index contributed by atoms with van der Waals surface area (Å²) in [5, 5.41) is 13.7. The summed E-state index contributed by atoms with van der Waals surface area (Å²) in [5.41, 5.74) is 4.70. The van der Waals surface area contributed by atoms with Gasteiger partial charge < -0.3 is 14.4 Å². The summed E-state index contributed by atoms with van der Waals surface area (Å²) in [6.45, 7) is 0. The van der Waals surface area contributed by atoms with Gasteiger partial charge in [-0.3, -0.25) is 4.79 Å². The molecule has 2 aromatic carbocycles. The maximum Gasteiger partial charge on any atom is 0.247 e. The number of methoxy groups -OCH3 is 1. The fraction of sp³-hybridized carbons (Fsp3) is 0.167. The van der Waals surface area contributed by atoms with E-state index in [1.165, 1.54) is 19.4 Å². The fourth-order valence-corrected chi connectivity index (χ4v) is 2.47. The second-order valence-corrected chi connectivity index (χ2v) is 5.47. The Morgan fingerprint density at radius 1 is 1.36 bits per heavy atom. The smallest absolute Gasteiger partial charge is 0.247 e. The van der Waals surface area contributed by atoms with E-state index in [0.29, 0.717) is 17.1 Å². The Bertz CT molecular complexity index is 947. The zero-order chi connectivity index (χ0) is 17.8. The second-order valence-electron chi connectivity index (χ2n) is 5.47. The van der Waals surface area contributed by atoms with Crippen molar-refractivity contribution in [1.29, 1.82) is 0 Å². The van der Waals surface area contributed by atoms with E-state index in [9.17, 15) is 9.90 Å². The first-order valence-electron chi connectivity index (χ1n) is 7.67. The van der Waals surface area contributed by atoms with Crippen molar-refractivity contribution in [3.05, 3.63) is 53.9 Å². The van der Waals surface area contributed by atoms with E-state index in [0.717, 1.165) is 11.0 Å². The van der Waals surface area contributed by atoms with Crippen LogP contribution in [-0.2, 0) is 18.3 Å². The Labute approximate surface area is 144 Å². The van der Waals surface area contributed by atoms with E-state index in [2.05, 4.69) is 15.5 Å². The molecule has 2 N–H and O–H groups in total. The first-order valence-corrected chi connectivity index (χ1v) is 7.67. The summed E-state index contributed by atoms with van der Waals surface area (Å²) in [7, 11) is 3.40. The summed E-state index contributed by atoms with van der Waals surface area (Å²) in [6, 6.07) is 12.5. The molecule has 7 nitrogen and oxygen atoms in total. The van der Waals surface area contributed by atoms with E-state index in [4.69, 9.17) is 4.74 Å². The molecule has 0 radical (unpaired) electrons. The van der Waals surface area contributed by atoms with Crippen molar-refractivity contribution in [2.45, 2.75) is 6.42 Å². The van der Waals surface area contributed by atoms with Gasteiger partial charge in [0.05, 0.1) is 30.8 Å². The minimum absolute atomic E-state index is 0.0501. The molecule has 0 fully saturated rings. The van der Waals surface area contributed by atoms with Gasteiger partial charge in [-0.1, -0.05) is 12.1 Å². The largest absolute Gasteiger partial charge is 0.507 e. The number of fused-ring (bicyclic) bond motifs is 1. The molecule has 0 aliphatic heterocycles. The van der Waals surface area contributed by atoms with Crippen molar-refractivity contribution in [3.8, 4) is 11.5 Å². The van der Waals surface area contributed by atoms with E-state index >= 15 is 0 Å². The molecule has 3 aromatic rings. The molecule has 7 heteroatoms. The Hall–Kier alpha value is -3.35. The highest BCUT2D eigenvalue weighted by molar-refractivity contribution is 5.86. The van der Waals surface area contributed by atoms with Gasteiger partial charge in [-0.2, -0.15) is 5.10 Å². The van der Waals surface area contributed by atoms with E-state index in [1.807, 2.05) is 35.9 Å². The van der Waals surface area contributed by atoms with Crippen LogP contribution in [0.1, 0.15) is 11.4 Å². The van der Waals surface area contributed by atoms with E-state index in [-0.39, 0.29) is 18.1 Å². The van der Waals surface area contributed by atoms with E-state index < -0.39 is 0 Å². The molecule has 1 aromatic heterocycles. The SMILES string of the molecule is COc1ccc(O)c(/C=N/NC(=O)Cc2nc3ccccc3n2C)c1. The number of hydrazone groups is 1. The number of rotatable bonds is 5. The van der Waals surface area contributed by atoms with Crippen LogP contribution in [0.5, 0.6) is 11.5 Å². The number of phenolic OH excluding ortho intramolecular Hbond substituents is 1. The number of para-hydroxylation sites is 2. The average molecular weight is 338 g/mol. The van der Waals surface area contributed by atoms with Crippen molar-refractivity contribution in [1.82, 2.24) is 15.0 Å². The summed E-state index contributed by atoms with van der Waals surface area (Å²) < 4.78 is 6.97. The lowest BCUT2D eigenvalue weighted by Crippen LogP contribution is -2.21. The van der Waals surface area contributed by atoms with Gasteiger partial charge in [-0.15, -0.1) is 0 Å². The van der Waals surface area contributed by atoms with Gasteiger partial charge in [0, 0.05) is 12.6 Å². The summed E-state index contributed by atoms with van der Waals surface area (Å²) in [6.07, 6.45) is 1.47. The predicted octanol–water partition coefficient (Wildman–Crippen LogP) is 1.98. The Kier molecular flexibility index (Phi) is 4.65. The molecule has 25 heavy (non-hydrogen) atoms. The molecule has 0 unspecified atom stereocenters. The molecule has 1 amide bonds. The highest BCUT2D eigenvalue weighted by Crippen LogP contribution is 2.21. The number of hydrogen-bond donors (Lipinski definition) is 2. The van der Waals surface area contributed by atoms with E-state index in [1.54, 1.807) is 12.1 Å². The van der Waals surface area contributed by atoms with Gasteiger partial charge in [0.25, 0.3) is 0 Å². The van der Waals surface area contributed by atoms with Crippen LogP contribution in [0.15, 0.2) is 47.6 Å². The molecule has 0 atom stereocenters. The van der Waals surface area contributed by atoms with Gasteiger partial charge in [0.15, 0.2) is 0 Å². The number of carbonyl (C=O) groups excluding carboxylic acids is 1. The molecule has 0 saturated heterocycles. The summed E-state index contributed by atoms with van der Waals surface area (Å²) in [5.74, 6) is 0.995. The minimum Gasteiger partial charge on any atom is -0.507 e. The van der Waals surface area contributed by atoms with Gasteiger partial charge in [0.2, 0.25) is 5.91 Å². The van der Waals surface area contributed by atoms with Crippen molar-refractivity contribution >= 4 is 23.2 Å². The van der Waals surface area contributed by atoms with Crippen LogP contribution >= 0.6 is 0 Å². The number of carbonyl (C=O) groups is 1. The van der Waals surface area contributed by atoms with Crippen LogP contribution in [0.2, 0.25) is 0 Å². The van der Waals surface area contributed by atoms with Crippen molar-refractivity contribution in [2.75, 3.05) is 7.11 Å². The number of aromatic nitrogens is 2. The number of benzene rings is 2. The number of phenols is 1. The third kappa shape index (κ3) is 3.60. The van der Waals surface area contributed by atoms with Crippen LogP contribution in [0.4, 0.5) is 0 Å². The van der Waals surface area contributed by atoms with Crippen molar-refractivity contribution in [2.24, 2.45) is 12.1 Å². The zero-order valence-corrected chi connectivity index (χ0v) is 13.9. The summed E-state index contributed by atoms with van der Waals surface area (Å²) >= 11 is 0. The lowest BCUT2D eigenvalue weighted by molar-refractivity contribution is -0.120.